The molecule has 1 saturated heterocycles. The van der Waals surface area contributed by atoms with Crippen LogP contribution in [0.2, 0.25) is 0 Å². The highest BCUT2D eigenvalue weighted by molar-refractivity contribution is 5.85. The molecule has 33 heavy (non-hydrogen) atoms. The number of benzene rings is 2. The molecule has 1 aliphatic heterocycles. The molecule has 3 rings (SSSR count). The summed E-state index contributed by atoms with van der Waals surface area (Å²) in [6, 6.07) is 21.9. The molecule has 0 aromatic heterocycles. The van der Waals surface area contributed by atoms with Crippen LogP contribution in [0.1, 0.15) is 108 Å². The lowest BCUT2D eigenvalue weighted by Gasteiger charge is -2.53. The first-order valence-electron chi connectivity index (χ1n) is 13.2. The van der Waals surface area contributed by atoms with Gasteiger partial charge in [0.2, 0.25) is 0 Å². The zero-order valence-corrected chi connectivity index (χ0v) is 21.8. The van der Waals surface area contributed by atoms with Crippen LogP contribution in [0.25, 0.3) is 0 Å². The van der Waals surface area contributed by atoms with E-state index in [1.807, 2.05) is 0 Å². The van der Waals surface area contributed by atoms with Crippen molar-refractivity contribution in [2.75, 3.05) is 0 Å². The lowest BCUT2D eigenvalue weighted by atomic mass is 9.62. The van der Waals surface area contributed by atoms with E-state index in [2.05, 4.69) is 86.8 Å². The summed E-state index contributed by atoms with van der Waals surface area (Å²) in [5.41, 5.74) is 1.93. The first-order chi connectivity index (χ1) is 15.6. The first kappa shape index (κ1) is 27.9. The van der Waals surface area contributed by atoms with Crippen molar-refractivity contribution >= 4 is 12.4 Å². The van der Waals surface area contributed by atoms with Crippen molar-refractivity contribution in [1.82, 2.24) is 5.32 Å². The molecule has 184 valence electrons. The van der Waals surface area contributed by atoms with Crippen LogP contribution in [0, 0.1) is 11.8 Å². The molecular formula is C30H46ClNO. The summed E-state index contributed by atoms with van der Waals surface area (Å²) in [7, 11) is 0. The molecule has 0 saturated carbocycles. The minimum atomic E-state index is -0.661. The maximum absolute atomic E-state index is 12.4. The predicted molar refractivity (Wildman–Crippen MR) is 144 cm³/mol. The molecule has 0 bridgehead atoms. The van der Waals surface area contributed by atoms with Crippen molar-refractivity contribution < 1.29 is 5.11 Å². The number of nitrogens with one attached hydrogen (secondary N) is 1. The van der Waals surface area contributed by atoms with Gasteiger partial charge in [-0.05, 0) is 24.0 Å². The second-order valence-electron chi connectivity index (χ2n) is 9.99. The first-order valence-corrected chi connectivity index (χ1v) is 13.2. The van der Waals surface area contributed by atoms with Crippen LogP contribution in [0.4, 0.5) is 0 Å². The van der Waals surface area contributed by atoms with Crippen LogP contribution in [-0.2, 0) is 0 Å². The van der Waals surface area contributed by atoms with Gasteiger partial charge in [-0.1, -0.05) is 133 Å². The van der Waals surface area contributed by atoms with Crippen molar-refractivity contribution in [3.8, 4) is 0 Å². The molecule has 1 heterocycles. The van der Waals surface area contributed by atoms with Crippen LogP contribution >= 0.6 is 12.4 Å². The molecule has 1 fully saturated rings. The lowest BCUT2D eigenvalue weighted by molar-refractivity contribution is -0.126. The van der Waals surface area contributed by atoms with Gasteiger partial charge < -0.3 is 10.4 Å². The fourth-order valence-corrected chi connectivity index (χ4v) is 5.91. The number of hydrogen-bond acceptors (Lipinski definition) is 2. The number of halogens is 1. The van der Waals surface area contributed by atoms with Crippen LogP contribution in [0.3, 0.4) is 0 Å². The summed E-state index contributed by atoms with van der Waals surface area (Å²) < 4.78 is 0. The van der Waals surface area contributed by atoms with Gasteiger partial charge in [-0.2, -0.15) is 0 Å². The number of unbranched alkanes of at least 4 members (excludes halogenated alkanes) is 6. The Bertz CT molecular complexity index is 767. The van der Waals surface area contributed by atoms with Crippen molar-refractivity contribution in [2.45, 2.75) is 103 Å². The average molecular weight is 472 g/mol. The highest BCUT2D eigenvalue weighted by Gasteiger charge is 2.52. The largest absolute Gasteiger partial charge is 0.389 e. The van der Waals surface area contributed by atoms with Crippen LogP contribution in [0.5, 0.6) is 0 Å². The molecule has 0 spiro atoms. The molecule has 2 nitrogen and oxygen atoms in total. The zero-order chi connectivity index (χ0) is 22.8. The van der Waals surface area contributed by atoms with Crippen LogP contribution in [0.15, 0.2) is 60.7 Å². The van der Waals surface area contributed by atoms with E-state index in [4.69, 9.17) is 0 Å². The third kappa shape index (κ3) is 7.07. The summed E-state index contributed by atoms with van der Waals surface area (Å²) in [6.45, 7) is 6.80. The Morgan fingerprint density at radius 1 is 0.727 bits per heavy atom. The second-order valence-corrected chi connectivity index (χ2v) is 9.99. The summed E-state index contributed by atoms with van der Waals surface area (Å²) in [5, 5.41) is 16.4. The third-order valence-electron chi connectivity index (χ3n) is 7.79. The molecule has 2 aromatic rings. The number of hydrogen-bond donors (Lipinski definition) is 2. The second kappa shape index (κ2) is 14.1. The molecule has 5 unspecified atom stereocenters. The van der Waals surface area contributed by atoms with Crippen molar-refractivity contribution in [2.24, 2.45) is 11.8 Å². The van der Waals surface area contributed by atoms with Gasteiger partial charge in [0.1, 0.15) is 0 Å². The van der Waals surface area contributed by atoms with E-state index in [1.54, 1.807) is 0 Å². The number of aliphatic hydroxyl groups is 1. The smallest absolute Gasteiger partial charge is 0.0737 e. The van der Waals surface area contributed by atoms with E-state index < -0.39 is 5.60 Å². The van der Waals surface area contributed by atoms with Gasteiger partial charge in [0.15, 0.2) is 0 Å². The Labute approximate surface area is 209 Å². The van der Waals surface area contributed by atoms with E-state index in [1.165, 1.54) is 49.7 Å². The number of rotatable bonds is 12. The molecule has 5 atom stereocenters. The highest BCUT2D eigenvalue weighted by Crippen LogP contribution is 2.50. The van der Waals surface area contributed by atoms with Gasteiger partial charge in [0.05, 0.1) is 5.60 Å². The summed E-state index contributed by atoms with van der Waals surface area (Å²) in [5.74, 6) is 0.395. The monoisotopic (exact) mass is 471 g/mol. The maximum Gasteiger partial charge on any atom is 0.0737 e. The maximum atomic E-state index is 12.4. The Morgan fingerprint density at radius 3 is 1.79 bits per heavy atom. The Kier molecular flexibility index (Phi) is 12.0. The van der Waals surface area contributed by atoms with E-state index in [0.29, 0.717) is 0 Å². The van der Waals surface area contributed by atoms with Gasteiger partial charge in [0, 0.05) is 23.9 Å². The van der Waals surface area contributed by atoms with Gasteiger partial charge in [-0.15, -0.1) is 12.4 Å². The average Bonchev–Trinajstić information content (AvgIpc) is 2.83. The fraction of sp³-hybridized carbons (Fsp3) is 0.600. The molecule has 0 amide bonds. The molecule has 2 aromatic carbocycles. The molecule has 2 N–H and O–H groups in total. The molecule has 0 aliphatic carbocycles. The summed E-state index contributed by atoms with van der Waals surface area (Å²) in [4.78, 5) is 0. The fourth-order valence-electron chi connectivity index (χ4n) is 5.91. The van der Waals surface area contributed by atoms with Gasteiger partial charge in [-0.3, -0.25) is 0 Å². The molecular weight excluding hydrogens is 426 g/mol. The van der Waals surface area contributed by atoms with E-state index in [0.717, 1.165) is 25.7 Å². The van der Waals surface area contributed by atoms with Crippen LogP contribution < -0.4 is 5.32 Å². The van der Waals surface area contributed by atoms with Crippen molar-refractivity contribution in [1.29, 1.82) is 0 Å². The van der Waals surface area contributed by atoms with E-state index in [9.17, 15) is 5.11 Å². The van der Waals surface area contributed by atoms with Crippen molar-refractivity contribution in [3.63, 3.8) is 0 Å². The molecule has 1 aliphatic rings. The minimum absolute atomic E-state index is 0. The molecule has 3 heteroatoms. The van der Waals surface area contributed by atoms with E-state index in [-0.39, 0.29) is 36.3 Å². The quantitative estimate of drug-likeness (QED) is 0.304. The normalized spacial score (nSPS) is 27.2. The van der Waals surface area contributed by atoms with E-state index >= 15 is 0 Å². The standard InChI is InChI=1S/C30H45NO.ClH/c1-4-6-7-8-9-10-17-23-30(32)24(3)28(25-19-13-11-14-20-25)31-29(27(30)18-5-2)26-21-15-12-16-22-26;/h11-16,19-22,24,27-29,31-32H,4-10,17-18,23H2,1-3H3;1H. The summed E-state index contributed by atoms with van der Waals surface area (Å²) >= 11 is 0. The van der Waals surface area contributed by atoms with Crippen molar-refractivity contribution in [3.05, 3.63) is 71.8 Å². The topological polar surface area (TPSA) is 32.3 Å². The van der Waals surface area contributed by atoms with Gasteiger partial charge >= 0.3 is 0 Å². The van der Waals surface area contributed by atoms with Gasteiger partial charge in [0.25, 0.3) is 0 Å². The molecule has 0 radical (unpaired) electrons. The lowest BCUT2D eigenvalue weighted by Crippen LogP contribution is -2.58. The van der Waals surface area contributed by atoms with Gasteiger partial charge in [-0.25, -0.2) is 0 Å². The third-order valence-corrected chi connectivity index (χ3v) is 7.79. The number of piperidine rings is 1. The van der Waals surface area contributed by atoms with Crippen LogP contribution in [-0.4, -0.2) is 10.7 Å². The Morgan fingerprint density at radius 2 is 1.24 bits per heavy atom. The zero-order valence-electron chi connectivity index (χ0n) is 21.0. The summed E-state index contributed by atoms with van der Waals surface area (Å²) in [6.07, 6.45) is 12.0. The Balaban J connectivity index is 0.00000385. The SMILES string of the molecule is CCCCCCCCCC1(O)C(C)C(c2ccccc2)NC(c2ccccc2)C1CCC.Cl. The highest BCUT2D eigenvalue weighted by atomic mass is 35.5. The predicted octanol–water partition coefficient (Wildman–Crippen LogP) is 8.42. The minimum Gasteiger partial charge on any atom is -0.389 e. The Hall–Kier alpha value is -1.35.